The van der Waals surface area contributed by atoms with Crippen LogP contribution in [0.1, 0.15) is 17.3 Å². The Labute approximate surface area is 175 Å². The first kappa shape index (κ1) is 21.4. The van der Waals surface area contributed by atoms with Crippen LogP contribution in [0.15, 0.2) is 47.4 Å². The molecule has 0 N–H and O–H groups in total. The van der Waals surface area contributed by atoms with Crippen molar-refractivity contribution in [2.24, 2.45) is 0 Å². The maximum Gasteiger partial charge on any atom is 0.254 e. The third kappa shape index (κ3) is 4.49. The van der Waals surface area contributed by atoms with E-state index in [1.54, 1.807) is 47.4 Å². The molecule has 0 spiro atoms. The summed E-state index contributed by atoms with van der Waals surface area (Å²) in [7, 11) is -2.09. The van der Waals surface area contributed by atoms with E-state index in [0.29, 0.717) is 28.7 Å². The molecule has 2 aromatic carbocycles. The molecule has 0 bridgehead atoms. The van der Waals surface area contributed by atoms with Crippen LogP contribution in [0, 0.1) is 0 Å². The minimum Gasteiger partial charge on any atom is -0.493 e. The minimum absolute atomic E-state index is 0.227. The number of benzene rings is 2. The van der Waals surface area contributed by atoms with Gasteiger partial charge in [0, 0.05) is 31.7 Å². The molecule has 29 heavy (non-hydrogen) atoms. The van der Waals surface area contributed by atoms with Gasteiger partial charge in [-0.15, -0.1) is 0 Å². The molecular formula is C20H23ClN2O5S. The SMILES string of the molecule is CCOc1c(Cl)cc(C(=O)N2CCN(S(=O)(=O)c3ccccc3)CC2)cc1OC. The van der Waals surface area contributed by atoms with E-state index in [4.69, 9.17) is 21.1 Å². The van der Waals surface area contributed by atoms with Crippen LogP contribution >= 0.6 is 11.6 Å². The summed E-state index contributed by atoms with van der Waals surface area (Å²) >= 11 is 6.26. The summed E-state index contributed by atoms with van der Waals surface area (Å²) in [5, 5.41) is 0.292. The number of piperazine rings is 1. The number of hydrogen-bond acceptors (Lipinski definition) is 5. The van der Waals surface area contributed by atoms with E-state index in [1.165, 1.54) is 11.4 Å². The van der Waals surface area contributed by atoms with Crippen LogP contribution < -0.4 is 9.47 Å². The zero-order chi connectivity index (χ0) is 21.0. The highest BCUT2D eigenvalue weighted by atomic mass is 35.5. The molecule has 1 saturated heterocycles. The van der Waals surface area contributed by atoms with Gasteiger partial charge in [-0.3, -0.25) is 4.79 Å². The first-order valence-electron chi connectivity index (χ1n) is 9.23. The summed E-state index contributed by atoms with van der Waals surface area (Å²) < 4.78 is 37.6. The lowest BCUT2D eigenvalue weighted by Gasteiger charge is -2.34. The van der Waals surface area contributed by atoms with Gasteiger partial charge in [0.2, 0.25) is 10.0 Å². The Kier molecular flexibility index (Phi) is 6.66. The first-order chi connectivity index (χ1) is 13.9. The Morgan fingerprint density at radius 1 is 1.10 bits per heavy atom. The Morgan fingerprint density at radius 3 is 2.34 bits per heavy atom. The van der Waals surface area contributed by atoms with Gasteiger partial charge >= 0.3 is 0 Å². The number of amides is 1. The molecule has 3 rings (SSSR count). The average molecular weight is 439 g/mol. The number of ether oxygens (including phenoxy) is 2. The second kappa shape index (κ2) is 9.02. The summed E-state index contributed by atoms with van der Waals surface area (Å²) in [6.07, 6.45) is 0. The molecule has 1 aliphatic heterocycles. The predicted molar refractivity (Wildman–Crippen MR) is 110 cm³/mol. The van der Waals surface area contributed by atoms with Crippen molar-refractivity contribution in [1.82, 2.24) is 9.21 Å². The fourth-order valence-corrected chi connectivity index (χ4v) is 4.89. The average Bonchev–Trinajstić information content (AvgIpc) is 2.75. The number of carbonyl (C=O) groups is 1. The van der Waals surface area contributed by atoms with Crippen LogP contribution in [0.5, 0.6) is 11.5 Å². The van der Waals surface area contributed by atoms with Crippen LogP contribution in [0.3, 0.4) is 0 Å². The Bertz CT molecular complexity index is 974. The lowest BCUT2D eigenvalue weighted by atomic mass is 10.1. The number of rotatable bonds is 6. The van der Waals surface area contributed by atoms with Crippen LogP contribution in [0.2, 0.25) is 5.02 Å². The molecular weight excluding hydrogens is 416 g/mol. The van der Waals surface area contributed by atoms with Crippen LogP contribution in [-0.4, -0.2) is 63.4 Å². The summed E-state index contributed by atoms with van der Waals surface area (Å²) in [5.41, 5.74) is 0.370. The number of carbonyl (C=O) groups excluding carboxylic acids is 1. The van der Waals surface area contributed by atoms with Crippen LogP contribution in [0.25, 0.3) is 0 Å². The molecule has 156 valence electrons. The third-order valence-corrected chi connectivity index (χ3v) is 6.87. The van der Waals surface area contributed by atoms with E-state index in [-0.39, 0.29) is 37.0 Å². The second-order valence-corrected chi connectivity index (χ2v) is 8.78. The third-order valence-electron chi connectivity index (χ3n) is 4.67. The summed E-state index contributed by atoms with van der Waals surface area (Å²) in [4.78, 5) is 14.8. The Morgan fingerprint density at radius 2 is 1.76 bits per heavy atom. The number of methoxy groups -OCH3 is 1. The quantitative estimate of drug-likeness (QED) is 0.693. The standard InChI is InChI=1S/C20H23ClN2O5S/c1-3-28-19-17(21)13-15(14-18(19)27-2)20(24)22-9-11-23(12-10-22)29(25,26)16-7-5-4-6-8-16/h4-8,13-14H,3,9-12H2,1-2H3. The van der Waals surface area contributed by atoms with Crippen molar-refractivity contribution in [3.63, 3.8) is 0 Å². The van der Waals surface area contributed by atoms with Crippen molar-refractivity contribution in [2.75, 3.05) is 39.9 Å². The Balaban J connectivity index is 1.73. The lowest BCUT2D eigenvalue weighted by Crippen LogP contribution is -2.50. The van der Waals surface area contributed by atoms with Gasteiger partial charge in [0.05, 0.1) is 23.6 Å². The topological polar surface area (TPSA) is 76.2 Å². The zero-order valence-electron chi connectivity index (χ0n) is 16.3. The van der Waals surface area contributed by atoms with Gasteiger partial charge in [0.15, 0.2) is 11.5 Å². The smallest absolute Gasteiger partial charge is 0.254 e. The van der Waals surface area contributed by atoms with Gasteiger partial charge in [-0.1, -0.05) is 29.8 Å². The molecule has 7 nitrogen and oxygen atoms in total. The second-order valence-electron chi connectivity index (χ2n) is 6.43. The van der Waals surface area contributed by atoms with Gasteiger partial charge in [0.1, 0.15) is 0 Å². The number of halogens is 1. The van der Waals surface area contributed by atoms with E-state index >= 15 is 0 Å². The highest BCUT2D eigenvalue weighted by molar-refractivity contribution is 7.89. The zero-order valence-corrected chi connectivity index (χ0v) is 17.9. The molecule has 0 aromatic heterocycles. The Hall–Kier alpha value is -2.29. The number of sulfonamides is 1. The van der Waals surface area contributed by atoms with Crippen molar-refractivity contribution in [3.05, 3.63) is 53.1 Å². The normalized spacial score (nSPS) is 15.2. The van der Waals surface area contributed by atoms with Gasteiger partial charge in [-0.05, 0) is 31.2 Å². The number of hydrogen-bond donors (Lipinski definition) is 0. The summed E-state index contributed by atoms with van der Waals surface area (Å²) in [6.45, 7) is 3.28. The van der Waals surface area contributed by atoms with Crippen molar-refractivity contribution in [1.29, 1.82) is 0 Å². The molecule has 1 heterocycles. The fourth-order valence-electron chi connectivity index (χ4n) is 3.18. The van der Waals surface area contributed by atoms with E-state index in [1.807, 2.05) is 6.92 Å². The van der Waals surface area contributed by atoms with Crippen molar-refractivity contribution in [2.45, 2.75) is 11.8 Å². The van der Waals surface area contributed by atoms with E-state index in [2.05, 4.69) is 0 Å². The molecule has 1 aliphatic rings. The van der Waals surface area contributed by atoms with Crippen molar-refractivity contribution >= 4 is 27.5 Å². The molecule has 0 atom stereocenters. The maximum absolute atomic E-state index is 12.9. The van der Waals surface area contributed by atoms with Crippen molar-refractivity contribution < 1.29 is 22.7 Å². The fraction of sp³-hybridized carbons (Fsp3) is 0.350. The van der Waals surface area contributed by atoms with Crippen LogP contribution in [0.4, 0.5) is 0 Å². The summed E-state index contributed by atoms with van der Waals surface area (Å²) in [6, 6.07) is 11.4. The lowest BCUT2D eigenvalue weighted by molar-refractivity contribution is 0.0697. The van der Waals surface area contributed by atoms with Gasteiger partial charge < -0.3 is 14.4 Å². The summed E-state index contributed by atoms with van der Waals surface area (Å²) in [5.74, 6) is 0.546. The molecule has 0 radical (unpaired) electrons. The van der Waals surface area contributed by atoms with E-state index < -0.39 is 10.0 Å². The largest absolute Gasteiger partial charge is 0.493 e. The van der Waals surface area contributed by atoms with E-state index in [0.717, 1.165) is 0 Å². The molecule has 0 saturated carbocycles. The van der Waals surface area contributed by atoms with E-state index in [9.17, 15) is 13.2 Å². The number of nitrogens with zero attached hydrogens (tertiary/aromatic N) is 2. The van der Waals surface area contributed by atoms with Gasteiger partial charge in [-0.2, -0.15) is 4.31 Å². The molecule has 1 fully saturated rings. The predicted octanol–water partition coefficient (Wildman–Crippen LogP) is 2.89. The molecule has 0 unspecified atom stereocenters. The highest BCUT2D eigenvalue weighted by Crippen LogP contribution is 2.36. The van der Waals surface area contributed by atoms with Crippen molar-refractivity contribution in [3.8, 4) is 11.5 Å². The first-order valence-corrected chi connectivity index (χ1v) is 11.0. The highest BCUT2D eigenvalue weighted by Gasteiger charge is 2.30. The monoisotopic (exact) mass is 438 g/mol. The molecule has 2 aromatic rings. The van der Waals surface area contributed by atoms with Gasteiger partial charge in [0.25, 0.3) is 5.91 Å². The molecule has 0 aliphatic carbocycles. The minimum atomic E-state index is -3.57. The maximum atomic E-state index is 12.9. The molecule has 9 heteroatoms. The van der Waals surface area contributed by atoms with Crippen LogP contribution in [-0.2, 0) is 10.0 Å². The molecule has 1 amide bonds. The van der Waals surface area contributed by atoms with Gasteiger partial charge in [-0.25, -0.2) is 8.42 Å².